The van der Waals surface area contributed by atoms with Crippen molar-refractivity contribution >= 4 is 5.91 Å². The van der Waals surface area contributed by atoms with E-state index in [9.17, 15) is 9.90 Å². The Morgan fingerprint density at radius 2 is 1.76 bits per heavy atom. The Kier molecular flexibility index (Phi) is 3.76. The summed E-state index contributed by atoms with van der Waals surface area (Å²) in [6.45, 7) is 0. The standard InChI is InChI=1S/C16H21NO4/c1-20-14-6-3-10(7-15(14)21-2)16(19)17-11-4-5-12(17)9-13(18)8-11/h3,6-7,11-13,18H,4-5,8-9H2,1-2H3. The molecule has 5 heteroatoms. The van der Waals surface area contributed by atoms with Crippen LogP contribution in [0.25, 0.3) is 0 Å². The lowest BCUT2D eigenvalue weighted by Crippen LogP contribution is -2.48. The fourth-order valence-electron chi connectivity index (χ4n) is 3.60. The van der Waals surface area contributed by atoms with Gasteiger partial charge in [-0.3, -0.25) is 4.79 Å². The highest BCUT2D eigenvalue weighted by molar-refractivity contribution is 5.95. The van der Waals surface area contributed by atoms with Crippen LogP contribution in [0.2, 0.25) is 0 Å². The van der Waals surface area contributed by atoms with Gasteiger partial charge >= 0.3 is 0 Å². The largest absolute Gasteiger partial charge is 0.493 e. The first-order valence-corrected chi connectivity index (χ1v) is 7.36. The van der Waals surface area contributed by atoms with Gasteiger partial charge in [0.1, 0.15) is 0 Å². The predicted molar refractivity (Wildman–Crippen MR) is 77.8 cm³/mol. The number of hydrogen-bond donors (Lipinski definition) is 1. The van der Waals surface area contributed by atoms with Crippen LogP contribution in [0.1, 0.15) is 36.0 Å². The highest BCUT2D eigenvalue weighted by Crippen LogP contribution is 2.37. The maximum absolute atomic E-state index is 12.8. The van der Waals surface area contributed by atoms with Gasteiger partial charge in [-0.05, 0) is 43.9 Å². The number of fused-ring (bicyclic) bond motifs is 2. The molecule has 2 bridgehead atoms. The van der Waals surface area contributed by atoms with E-state index in [1.54, 1.807) is 32.4 Å². The first-order valence-electron chi connectivity index (χ1n) is 7.36. The van der Waals surface area contributed by atoms with Gasteiger partial charge in [0.05, 0.1) is 20.3 Å². The minimum atomic E-state index is -0.267. The van der Waals surface area contributed by atoms with Crippen LogP contribution in [0.15, 0.2) is 18.2 Å². The second-order valence-corrected chi connectivity index (χ2v) is 5.79. The summed E-state index contributed by atoms with van der Waals surface area (Å²) in [6, 6.07) is 5.59. The Bertz CT molecular complexity index is 531. The van der Waals surface area contributed by atoms with Gasteiger partial charge in [-0.1, -0.05) is 0 Å². The van der Waals surface area contributed by atoms with Crippen molar-refractivity contribution in [2.24, 2.45) is 0 Å². The third-order valence-electron chi connectivity index (χ3n) is 4.57. The van der Waals surface area contributed by atoms with E-state index >= 15 is 0 Å². The Morgan fingerprint density at radius 1 is 1.14 bits per heavy atom. The van der Waals surface area contributed by atoms with Crippen molar-refractivity contribution < 1.29 is 19.4 Å². The third kappa shape index (κ3) is 2.46. The van der Waals surface area contributed by atoms with Crippen LogP contribution in [0, 0.1) is 0 Å². The molecule has 2 aliphatic rings. The topological polar surface area (TPSA) is 59.0 Å². The summed E-state index contributed by atoms with van der Waals surface area (Å²) in [5.74, 6) is 1.20. The highest BCUT2D eigenvalue weighted by atomic mass is 16.5. The van der Waals surface area contributed by atoms with E-state index in [0.29, 0.717) is 29.9 Å². The van der Waals surface area contributed by atoms with Gasteiger partial charge in [0.2, 0.25) is 0 Å². The minimum Gasteiger partial charge on any atom is -0.493 e. The van der Waals surface area contributed by atoms with E-state index < -0.39 is 0 Å². The van der Waals surface area contributed by atoms with Crippen molar-refractivity contribution in [2.45, 2.75) is 43.9 Å². The predicted octanol–water partition coefficient (Wildman–Crippen LogP) is 1.83. The molecule has 2 fully saturated rings. The molecule has 2 heterocycles. The minimum absolute atomic E-state index is 0.0235. The molecule has 1 aromatic rings. The number of carbonyl (C=O) groups is 1. The zero-order valence-corrected chi connectivity index (χ0v) is 12.4. The van der Waals surface area contributed by atoms with Crippen molar-refractivity contribution in [2.75, 3.05) is 14.2 Å². The number of methoxy groups -OCH3 is 2. The number of hydrogen-bond acceptors (Lipinski definition) is 4. The SMILES string of the molecule is COc1ccc(C(=O)N2C3CCC2CC(O)C3)cc1OC. The van der Waals surface area contributed by atoms with Crippen LogP contribution < -0.4 is 9.47 Å². The molecule has 2 saturated heterocycles. The fraction of sp³-hybridized carbons (Fsp3) is 0.562. The lowest BCUT2D eigenvalue weighted by molar-refractivity contribution is 0.0286. The van der Waals surface area contributed by atoms with Crippen LogP contribution >= 0.6 is 0 Å². The molecule has 0 aliphatic carbocycles. The number of aliphatic hydroxyl groups is 1. The molecule has 21 heavy (non-hydrogen) atoms. The summed E-state index contributed by atoms with van der Waals surface area (Å²) < 4.78 is 10.5. The molecule has 1 amide bonds. The number of piperidine rings is 1. The number of carbonyl (C=O) groups excluding carboxylic acids is 1. The Hall–Kier alpha value is -1.75. The zero-order chi connectivity index (χ0) is 15.0. The molecule has 0 aromatic heterocycles. The molecular formula is C16H21NO4. The van der Waals surface area contributed by atoms with Gasteiger partial charge in [0.25, 0.3) is 5.91 Å². The number of amides is 1. The zero-order valence-electron chi connectivity index (χ0n) is 12.4. The second-order valence-electron chi connectivity index (χ2n) is 5.79. The monoisotopic (exact) mass is 291 g/mol. The lowest BCUT2D eigenvalue weighted by Gasteiger charge is -2.37. The lowest BCUT2D eigenvalue weighted by atomic mass is 9.98. The first kappa shape index (κ1) is 14.2. The molecule has 2 atom stereocenters. The Labute approximate surface area is 124 Å². The van der Waals surface area contributed by atoms with Crippen LogP contribution in [-0.4, -0.2) is 48.3 Å². The molecule has 0 spiro atoms. The average Bonchev–Trinajstić information content (AvgIpc) is 2.77. The van der Waals surface area contributed by atoms with Gasteiger partial charge in [-0.15, -0.1) is 0 Å². The summed E-state index contributed by atoms with van der Waals surface area (Å²) in [6.07, 6.45) is 3.09. The van der Waals surface area contributed by atoms with Crippen molar-refractivity contribution in [3.05, 3.63) is 23.8 Å². The van der Waals surface area contributed by atoms with E-state index in [2.05, 4.69) is 0 Å². The van der Waals surface area contributed by atoms with E-state index in [0.717, 1.165) is 12.8 Å². The summed E-state index contributed by atoms with van der Waals surface area (Å²) in [5, 5.41) is 9.84. The quantitative estimate of drug-likeness (QED) is 0.923. The summed E-state index contributed by atoms with van der Waals surface area (Å²) in [4.78, 5) is 14.7. The highest BCUT2D eigenvalue weighted by Gasteiger charge is 2.43. The molecule has 5 nitrogen and oxygen atoms in total. The molecule has 1 aromatic carbocycles. The Morgan fingerprint density at radius 3 is 2.33 bits per heavy atom. The number of benzene rings is 1. The number of ether oxygens (including phenoxy) is 2. The molecular weight excluding hydrogens is 270 g/mol. The molecule has 2 unspecified atom stereocenters. The van der Waals surface area contributed by atoms with Crippen molar-refractivity contribution in [1.29, 1.82) is 0 Å². The van der Waals surface area contributed by atoms with Crippen LogP contribution in [0.3, 0.4) is 0 Å². The summed E-state index contributed by atoms with van der Waals surface area (Å²) >= 11 is 0. The average molecular weight is 291 g/mol. The van der Waals surface area contributed by atoms with E-state index in [1.165, 1.54) is 0 Å². The van der Waals surface area contributed by atoms with Gasteiger partial charge in [-0.25, -0.2) is 0 Å². The summed E-state index contributed by atoms with van der Waals surface area (Å²) in [7, 11) is 3.14. The van der Waals surface area contributed by atoms with E-state index in [4.69, 9.17) is 9.47 Å². The molecule has 114 valence electrons. The molecule has 1 N–H and O–H groups in total. The second kappa shape index (κ2) is 5.56. The fourth-order valence-corrected chi connectivity index (χ4v) is 3.60. The van der Waals surface area contributed by atoms with Crippen molar-refractivity contribution in [3.8, 4) is 11.5 Å². The maximum Gasteiger partial charge on any atom is 0.254 e. The van der Waals surface area contributed by atoms with Crippen LogP contribution in [-0.2, 0) is 0 Å². The number of aliphatic hydroxyl groups excluding tert-OH is 1. The van der Waals surface area contributed by atoms with Gasteiger partial charge in [0, 0.05) is 17.6 Å². The molecule has 0 saturated carbocycles. The van der Waals surface area contributed by atoms with Crippen LogP contribution in [0.4, 0.5) is 0 Å². The molecule has 3 rings (SSSR count). The molecule has 0 radical (unpaired) electrons. The van der Waals surface area contributed by atoms with Crippen molar-refractivity contribution in [3.63, 3.8) is 0 Å². The van der Waals surface area contributed by atoms with Crippen molar-refractivity contribution in [1.82, 2.24) is 4.90 Å². The van der Waals surface area contributed by atoms with Crippen LogP contribution in [0.5, 0.6) is 11.5 Å². The van der Waals surface area contributed by atoms with Gasteiger partial charge < -0.3 is 19.5 Å². The third-order valence-corrected chi connectivity index (χ3v) is 4.57. The van der Waals surface area contributed by atoms with Gasteiger partial charge in [0.15, 0.2) is 11.5 Å². The van der Waals surface area contributed by atoms with Gasteiger partial charge in [-0.2, -0.15) is 0 Å². The number of rotatable bonds is 3. The maximum atomic E-state index is 12.8. The van der Waals surface area contributed by atoms with E-state index in [-0.39, 0.29) is 24.1 Å². The summed E-state index contributed by atoms with van der Waals surface area (Å²) in [5.41, 5.74) is 0.612. The number of nitrogens with zero attached hydrogens (tertiary/aromatic N) is 1. The normalized spacial score (nSPS) is 27.6. The first-order chi connectivity index (χ1) is 10.1. The Balaban J connectivity index is 1.86. The smallest absolute Gasteiger partial charge is 0.254 e. The molecule has 2 aliphatic heterocycles. The van der Waals surface area contributed by atoms with E-state index in [1.807, 2.05) is 4.90 Å².